The van der Waals surface area contributed by atoms with Gasteiger partial charge in [-0.1, -0.05) is 11.6 Å². The lowest BCUT2D eigenvalue weighted by atomic mass is 10.1. The number of aromatic nitrogens is 2. The Morgan fingerprint density at radius 1 is 1.35 bits per heavy atom. The van der Waals surface area contributed by atoms with Crippen molar-refractivity contribution >= 4 is 29.0 Å². The molecule has 2 heterocycles. The van der Waals surface area contributed by atoms with Gasteiger partial charge in [0.15, 0.2) is 11.0 Å². The molecule has 0 bridgehead atoms. The van der Waals surface area contributed by atoms with Crippen LogP contribution in [0.15, 0.2) is 6.07 Å². The van der Waals surface area contributed by atoms with Crippen molar-refractivity contribution in [2.75, 3.05) is 7.05 Å². The van der Waals surface area contributed by atoms with Gasteiger partial charge in [-0.2, -0.15) is 0 Å². The van der Waals surface area contributed by atoms with E-state index >= 15 is 0 Å². The highest BCUT2D eigenvalue weighted by Crippen LogP contribution is 2.37. The summed E-state index contributed by atoms with van der Waals surface area (Å²) in [6.07, 6.45) is -0.452. The van der Waals surface area contributed by atoms with Crippen LogP contribution in [0.1, 0.15) is 49.3 Å². The maximum Gasteiger partial charge on any atom is 0.410 e. The third-order valence-corrected chi connectivity index (χ3v) is 5.09. The second-order valence-corrected chi connectivity index (χ2v) is 8.72. The van der Waals surface area contributed by atoms with E-state index in [9.17, 15) is 9.18 Å². The number of carbonyl (C=O) groups is 1. The van der Waals surface area contributed by atoms with Gasteiger partial charge in [-0.05, 0) is 47.6 Å². The first-order chi connectivity index (χ1) is 11.9. The van der Waals surface area contributed by atoms with Crippen LogP contribution >= 0.6 is 22.9 Å². The molecule has 1 atom stereocenters. The number of amides is 1. The molecule has 1 unspecified atom stereocenters. The average Bonchev–Trinajstić information content (AvgIpc) is 2.89. The first-order valence-corrected chi connectivity index (χ1v) is 9.36. The molecule has 2 rings (SSSR count). The molecule has 0 spiro atoms. The number of pyridine rings is 1. The van der Waals surface area contributed by atoms with E-state index in [2.05, 4.69) is 9.97 Å². The smallest absolute Gasteiger partial charge is 0.410 e. The first-order valence-electron chi connectivity index (χ1n) is 8.17. The van der Waals surface area contributed by atoms with Crippen LogP contribution in [-0.4, -0.2) is 33.6 Å². The van der Waals surface area contributed by atoms with Crippen LogP contribution in [0.3, 0.4) is 0 Å². The van der Waals surface area contributed by atoms with Crippen LogP contribution in [0, 0.1) is 19.7 Å². The van der Waals surface area contributed by atoms with Gasteiger partial charge in [-0.15, -0.1) is 11.3 Å². The molecule has 0 saturated carbocycles. The number of ether oxygens (including phenoxy) is 1. The number of carbonyl (C=O) groups excluding carboxylic acids is 1. The highest BCUT2D eigenvalue weighted by atomic mass is 35.5. The molecule has 0 saturated heterocycles. The summed E-state index contributed by atoms with van der Waals surface area (Å²) in [6, 6.07) is 1.26. The molecule has 2 aromatic heterocycles. The Morgan fingerprint density at radius 2 is 1.96 bits per heavy atom. The molecule has 0 fully saturated rings. The zero-order valence-corrected chi connectivity index (χ0v) is 17.5. The topological polar surface area (TPSA) is 55.3 Å². The molecule has 5 nitrogen and oxygen atoms in total. The molecule has 26 heavy (non-hydrogen) atoms. The van der Waals surface area contributed by atoms with Gasteiger partial charge in [0.25, 0.3) is 0 Å². The number of thiazole rings is 1. The lowest BCUT2D eigenvalue weighted by molar-refractivity contribution is 0.0236. The minimum atomic E-state index is -0.615. The Labute approximate surface area is 162 Å². The van der Waals surface area contributed by atoms with E-state index in [0.717, 1.165) is 9.88 Å². The zero-order chi connectivity index (χ0) is 19.8. The Kier molecular flexibility index (Phi) is 5.92. The summed E-state index contributed by atoms with van der Waals surface area (Å²) in [7, 11) is 1.65. The number of hydrogen-bond acceptors (Lipinski definition) is 5. The Bertz CT molecular complexity index is 833. The van der Waals surface area contributed by atoms with Gasteiger partial charge in [0.1, 0.15) is 5.60 Å². The van der Waals surface area contributed by atoms with E-state index in [1.807, 2.05) is 34.6 Å². The Balaban J connectivity index is 2.45. The van der Waals surface area contributed by atoms with E-state index in [0.29, 0.717) is 11.4 Å². The minimum absolute atomic E-state index is 0.190. The van der Waals surface area contributed by atoms with E-state index in [-0.39, 0.29) is 16.8 Å². The fourth-order valence-corrected chi connectivity index (χ4v) is 3.65. The number of rotatable bonds is 3. The first kappa shape index (κ1) is 20.6. The maximum absolute atomic E-state index is 14.6. The minimum Gasteiger partial charge on any atom is -0.444 e. The zero-order valence-electron chi connectivity index (χ0n) is 16.0. The summed E-state index contributed by atoms with van der Waals surface area (Å²) in [5, 5.41) is 0.578. The summed E-state index contributed by atoms with van der Waals surface area (Å²) in [6.45, 7) is 10.9. The van der Waals surface area contributed by atoms with Crippen LogP contribution in [0.5, 0.6) is 0 Å². The summed E-state index contributed by atoms with van der Waals surface area (Å²) >= 11 is 7.31. The predicted molar refractivity (Wildman–Crippen MR) is 102 cm³/mol. The van der Waals surface area contributed by atoms with Crippen molar-refractivity contribution in [3.05, 3.63) is 32.6 Å². The molecule has 142 valence electrons. The summed E-state index contributed by atoms with van der Waals surface area (Å²) in [5.74, 6) is -0.615. The Morgan fingerprint density at radius 3 is 2.54 bits per heavy atom. The number of aryl methyl sites for hydroxylation is 2. The number of hydrogen-bond donors (Lipinski definition) is 0. The maximum atomic E-state index is 14.6. The van der Waals surface area contributed by atoms with Crippen molar-refractivity contribution in [3.63, 3.8) is 0 Å². The van der Waals surface area contributed by atoms with Crippen LogP contribution < -0.4 is 0 Å². The molecule has 0 aromatic carbocycles. The van der Waals surface area contributed by atoms with Crippen molar-refractivity contribution in [1.29, 1.82) is 0 Å². The third-order valence-electron chi connectivity index (χ3n) is 3.70. The van der Waals surface area contributed by atoms with E-state index < -0.39 is 17.5 Å². The number of nitrogens with zero attached hydrogens (tertiary/aromatic N) is 3. The van der Waals surface area contributed by atoms with Crippen molar-refractivity contribution < 1.29 is 13.9 Å². The third kappa shape index (κ3) is 4.51. The van der Waals surface area contributed by atoms with Gasteiger partial charge >= 0.3 is 6.09 Å². The number of halogens is 2. The van der Waals surface area contributed by atoms with Gasteiger partial charge in [0.05, 0.1) is 21.6 Å². The van der Waals surface area contributed by atoms with Gasteiger partial charge in [0.2, 0.25) is 0 Å². The molecular formula is C18H23ClFN3O2S. The fraction of sp³-hybridized carbons (Fsp3) is 0.500. The fourth-order valence-electron chi connectivity index (χ4n) is 2.38. The predicted octanol–water partition coefficient (Wildman–Crippen LogP) is 5.54. The normalized spacial score (nSPS) is 12.8. The van der Waals surface area contributed by atoms with Crippen molar-refractivity contribution in [2.24, 2.45) is 0 Å². The molecule has 2 aromatic rings. The largest absolute Gasteiger partial charge is 0.444 e. The van der Waals surface area contributed by atoms with Crippen LogP contribution in [0.4, 0.5) is 9.18 Å². The van der Waals surface area contributed by atoms with Crippen LogP contribution in [0.25, 0.3) is 11.3 Å². The van der Waals surface area contributed by atoms with Crippen molar-refractivity contribution in [1.82, 2.24) is 14.9 Å². The van der Waals surface area contributed by atoms with Gasteiger partial charge in [-0.3, -0.25) is 0 Å². The molecular weight excluding hydrogens is 377 g/mol. The van der Waals surface area contributed by atoms with Gasteiger partial charge in [-0.25, -0.2) is 19.2 Å². The van der Waals surface area contributed by atoms with E-state index in [4.69, 9.17) is 16.3 Å². The van der Waals surface area contributed by atoms with Crippen LogP contribution in [0.2, 0.25) is 5.15 Å². The van der Waals surface area contributed by atoms with E-state index in [1.54, 1.807) is 20.0 Å². The lowest BCUT2D eigenvalue weighted by Crippen LogP contribution is -2.35. The van der Waals surface area contributed by atoms with Crippen LogP contribution in [-0.2, 0) is 4.74 Å². The quantitative estimate of drug-likeness (QED) is 0.635. The SMILES string of the molecule is Cc1cc(-c2nc(C)sc2C(C)N(C)C(=O)OC(C)(C)C)c(F)c(Cl)n1. The Hall–Kier alpha value is -1.73. The van der Waals surface area contributed by atoms with Crippen molar-refractivity contribution in [2.45, 2.75) is 53.2 Å². The lowest BCUT2D eigenvalue weighted by Gasteiger charge is -2.28. The molecule has 0 aliphatic heterocycles. The monoisotopic (exact) mass is 399 g/mol. The molecule has 0 radical (unpaired) electrons. The summed E-state index contributed by atoms with van der Waals surface area (Å²) in [4.78, 5) is 23.0. The highest BCUT2D eigenvalue weighted by molar-refractivity contribution is 7.12. The second-order valence-electron chi connectivity index (χ2n) is 7.13. The average molecular weight is 400 g/mol. The summed E-state index contributed by atoms with van der Waals surface area (Å²) < 4.78 is 20.0. The molecule has 0 N–H and O–H groups in total. The highest BCUT2D eigenvalue weighted by Gasteiger charge is 2.28. The standard InChI is InChI=1S/C18H23ClFN3O2S/c1-9-8-12(13(20)16(19)21-9)14-15(26-11(3)22-14)10(2)23(7)17(24)25-18(4,5)6/h8,10H,1-7H3. The second kappa shape index (κ2) is 7.48. The van der Waals surface area contributed by atoms with E-state index in [1.165, 1.54) is 16.2 Å². The molecule has 8 heteroatoms. The summed E-state index contributed by atoms with van der Waals surface area (Å²) in [5.41, 5.74) is 0.752. The molecule has 0 aliphatic carbocycles. The van der Waals surface area contributed by atoms with Gasteiger partial charge < -0.3 is 9.64 Å². The molecule has 0 aliphatic rings. The molecule has 1 amide bonds. The van der Waals surface area contributed by atoms with Crippen molar-refractivity contribution in [3.8, 4) is 11.3 Å². The van der Waals surface area contributed by atoms with Gasteiger partial charge in [0, 0.05) is 18.3 Å².